The van der Waals surface area contributed by atoms with E-state index in [1.165, 1.54) is 33.5 Å². The van der Waals surface area contributed by atoms with Gasteiger partial charge in [0.05, 0.1) is 22.0 Å². The Morgan fingerprint density at radius 3 is 2.51 bits per heavy atom. The highest BCUT2D eigenvalue weighted by Gasteiger charge is 2.34. The lowest BCUT2D eigenvalue weighted by molar-refractivity contribution is -0.142. The standard InChI is InChI=1S/C33H22FN3O4S2/c34-24-9-11-29-28(16-24)31(27-12-13-42-30(27)17-35)32(22-6-3-7-25(14-22)36-18-23(19-36)33(38)39)37(29)43(40,41)26-10-8-20-4-1-2-5-21(20)15-26/h1-16,23H,18-19H2,(H,38,39). The van der Waals surface area contributed by atoms with E-state index >= 15 is 0 Å². The van der Waals surface area contributed by atoms with Crippen LogP contribution in [0, 0.1) is 23.1 Å². The van der Waals surface area contributed by atoms with Crippen LogP contribution in [0.25, 0.3) is 44.1 Å². The van der Waals surface area contributed by atoms with Crippen molar-refractivity contribution < 1.29 is 22.7 Å². The second-order valence-electron chi connectivity index (χ2n) is 10.4. The number of aromatic nitrogens is 1. The van der Waals surface area contributed by atoms with Gasteiger partial charge in [-0.25, -0.2) is 16.8 Å². The molecule has 0 amide bonds. The van der Waals surface area contributed by atoms with Crippen molar-refractivity contribution in [1.82, 2.24) is 3.97 Å². The number of carboxylic acid groups (broad SMARTS) is 1. The fourth-order valence-corrected chi connectivity index (χ4v) is 8.01. The minimum atomic E-state index is -4.26. The van der Waals surface area contributed by atoms with Crippen molar-refractivity contribution in [3.63, 3.8) is 0 Å². The lowest BCUT2D eigenvalue weighted by Crippen LogP contribution is -2.50. The van der Waals surface area contributed by atoms with Gasteiger partial charge in [0.15, 0.2) is 0 Å². The van der Waals surface area contributed by atoms with Crippen LogP contribution < -0.4 is 4.90 Å². The molecule has 0 radical (unpaired) electrons. The van der Waals surface area contributed by atoms with Gasteiger partial charge in [-0.3, -0.25) is 4.79 Å². The first-order chi connectivity index (χ1) is 20.8. The number of hydrogen-bond donors (Lipinski definition) is 1. The molecule has 1 aliphatic rings. The predicted molar refractivity (Wildman–Crippen MR) is 165 cm³/mol. The van der Waals surface area contributed by atoms with Gasteiger partial charge in [-0.1, -0.05) is 42.5 Å². The third-order valence-corrected chi connectivity index (χ3v) is 10.4. The van der Waals surface area contributed by atoms with E-state index in [0.29, 0.717) is 45.7 Å². The summed E-state index contributed by atoms with van der Waals surface area (Å²) < 4.78 is 45.4. The minimum absolute atomic E-state index is 0.0641. The van der Waals surface area contributed by atoms with E-state index in [9.17, 15) is 28.0 Å². The number of carbonyl (C=O) groups is 1. The number of benzene rings is 4. The predicted octanol–water partition coefficient (Wildman–Crippen LogP) is 6.96. The van der Waals surface area contributed by atoms with Gasteiger partial charge >= 0.3 is 5.97 Å². The Balaban J connectivity index is 1.54. The van der Waals surface area contributed by atoms with Crippen LogP contribution in [0.4, 0.5) is 10.1 Å². The Morgan fingerprint density at radius 2 is 1.74 bits per heavy atom. The molecular weight excluding hydrogens is 586 g/mol. The molecule has 1 aliphatic heterocycles. The molecule has 3 heterocycles. The van der Waals surface area contributed by atoms with E-state index < -0.39 is 27.7 Å². The second kappa shape index (κ2) is 10.1. The number of halogens is 1. The Bertz CT molecular complexity index is 2240. The van der Waals surface area contributed by atoms with Crippen LogP contribution in [0.2, 0.25) is 0 Å². The van der Waals surface area contributed by atoms with Crippen molar-refractivity contribution in [1.29, 1.82) is 5.26 Å². The number of carboxylic acids is 1. The summed E-state index contributed by atoms with van der Waals surface area (Å²) in [5.41, 5.74) is 2.77. The second-order valence-corrected chi connectivity index (χ2v) is 13.1. The molecule has 2 aromatic heterocycles. The van der Waals surface area contributed by atoms with Gasteiger partial charge in [0.2, 0.25) is 0 Å². The lowest BCUT2D eigenvalue weighted by Gasteiger charge is -2.38. The summed E-state index contributed by atoms with van der Waals surface area (Å²) in [6.45, 7) is 0.663. The molecule has 43 heavy (non-hydrogen) atoms. The van der Waals surface area contributed by atoms with Crippen LogP contribution in [0.1, 0.15) is 4.88 Å². The van der Waals surface area contributed by atoms with Crippen LogP contribution in [-0.4, -0.2) is 36.6 Å². The van der Waals surface area contributed by atoms with Crippen LogP contribution in [0.5, 0.6) is 0 Å². The first-order valence-corrected chi connectivity index (χ1v) is 15.7. The molecule has 0 saturated carbocycles. The molecule has 1 N–H and O–H groups in total. The van der Waals surface area contributed by atoms with Crippen molar-refractivity contribution in [3.05, 3.63) is 107 Å². The molecule has 4 aromatic carbocycles. The van der Waals surface area contributed by atoms with Crippen molar-refractivity contribution >= 4 is 54.7 Å². The van der Waals surface area contributed by atoms with E-state index in [1.54, 1.807) is 41.8 Å². The maximum absolute atomic E-state index is 14.8. The zero-order valence-corrected chi connectivity index (χ0v) is 24.1. The van der Waals surface area contributed by atoms with E-state index in [1.807, 2.05) is 41.3 Å². The first-order valence-electron chi connectivity index (χ1n) is 13.4. The van der Waals surface area contributed by atoms with Crippen LogP contribution in [-0.2, 0) is 14.8 Å². The molecule has 7 nitrogen and oxygen atoms in total. The monoisotopic (exact) mass is 607 g/mol. The topological polar surface area (TPSA) is 103 Å². The molecule has 10 heteroatoms. The smallest absolute Gasteiger partial charge is 0.310 e. The highest BCUT2D eigenvalue weighted by Crippen LogP contribution is 2.46. The highest BCUT2D eigenvalue weighted by atomic mass is 32.2. The molecule has 0 spiro atoms. The molecule has 1 fully saturated rings. The molecule has 0 unspecified atom stereocenters. The van der Waals surface area contributed by atoms with Gasteiger partial charge in [-0.15, -0.1) is 11.3 Å². The fraction of sp³-hybridized carbons (Fsp3) is 0.0909. The average Bonchev–Trinajstić information content (AvgIpc) is 3.58. The lowest BCUT2D eigenvalue weighted by atomic mass is 9.96. The number of nitrogens with zero attached hydrogens (tertiary/aromatic N) is 3. The van der Waals surface area contributed by atoms with Gasteiger partial charge in [0.25, 0.3) is 10.0 Å². The summed E-state index contributed by atoms with van der Waals surface area (Å²) in [5.74, 6) is -1.88. The summed E-state index contributed by atoms with van der Waals surface area (Å²) >= 11 is 1.22. The molecule has 0 atom stereocenters. The Labute approximate surface area is 250 Å². The molecule has 0 aliphatic carbocycles. The first kappa shape index (κ1) is 26.9. The van der Waals surface area contributed by atoms with Crippen molar-refractivity contribution in [2.75, 3.05) is 18.0 Å². The quantitative estimate of drug-likeness (QED) is 0.220. The van der Waals surface area contributed by atoms with Crippen LogP contribution >= 0.6 is 11.3 Å². The number of rotatable bonds is 6. The van der Waals surface area contributed by atoms with Gasteiger partial charge < -0.3 is 10.0 Å². The van der Waals surface area contributed by atoms with E-state index in [-0.39, 0.29) is 10.4 Å². The number of nitriles is 1. The zero-order chi connectivity index (χ0) is 29.9. The van der Waals surface area contributed by atoms with Gasteiger partial charge in [0.1, 0.15) is 16.8 Å². The van der Waals surface area contributed by atoms with Gasteiger partial charge in [0, 0.05) is 40.9 Å². The molecular formula is C33H22FN3O4S2. The Morgan fingerprint density at radius 1 is 0.953 bits per heavy atom. The highest BCUT2D eigenvalue weighted by molar-refractivity contribution is 7.90. The van der Waals surface area contributed by atoms with Crippen molar-refractivity contribution in [3.8, 4) is 28.5 Å². The Hall–Kier alpha value is -4.98. The summed E-state index contributed by atoms with van der Waals surface area (Å²) in [6, 6.07) is 27.5. The Kier molecular flexibility index (Phi) is 6.31. The van der Waals surface area contributed by atoms with Gasteiger partial charge in [-0.2, -0.15) is 5.26 Å². The molecule has 7 rings (SSSR count). The maximum Gasteiger partial charge on any atom is 0.310 e. The summed E-state index contributed by atoms with van der Waals surface area (Å²) in [4.78, 5) is 13.8. The number of thiophene rings is 1. The van der Waals surface area contributed by atoms with Crippen molar-refractivity contribution in [2.45, 2.75) is 4.90 Å². The number of fused-ring (bicyclic) bond motifs is 2. The maximum atomic E-state index is 14.8. The summed E-state index contributed by atoms with van der Waals surface area (Å²) in [7, 11) is -4.26. The third-order valence-electron chi connectivity index (χ3n) is 7.90. The largest absolute Gasteiger partial charge is 0.481 e. The van der Waals surface area contributed by atoms with E-state index in [4.69, 9.17) is 0 Å². The van der Waals surface area contributed by atoms with Crippen LogP contribution in [0.15, 0.2) is 101 Å². The normalized spacial score (nSPS) is 13.7. The molecule has 0 bridgehead atoms. The average molecular weight is 608 g/mol. The summed E-state index contributed by atoms with van der Waals surface area (Å²) in [5, 5.41) is 23.1. The molecule has 1 saturated heterocycles. The third kappa shape index (κ3) is 4.36. The number of aliphatic carboxylic acids is 1. The molecule has 212 valence electrons. The molecule has 6 aromatic rings. The SMILES string of the molecule is N#Cc1sccc1-c1c(-c2cccc(N3CC(C(=O)O)C3)c2)n(S(=O)(=O)c2ccc3ccccc3c2)c2ccc(F)cc12. The number of hydrogen-bond acceptors (Lipinski definition) is 6. The van der Waals surface area contributed by atoms with Gasteiger partial charge in [-0.05, 0) is 64.7 Å². The zero-order valence-electron chi connectivity index (χ0n) is 22.4. The van der Waals surface area contributed by atoms with Crippen molar-refractivity contribution in [2.24, 2.45) is 5.92 Å². The summed E-state index contributed by atoms with van der Waals surface area (Å²) in [6.07, 6.45) is 0. The van der Waals surface area contributed by atoms with E-state index in [2.05, 4.69) is 6.07 Å². The fourth-order valence-electron chi connectivity index (χ4n) is 5.74. The van der Waals surface area contributed by atoms with Crippen LogP contribution in [0.3, 0.4) is 0 Å². The van der Waals surface area contributed by atoms with E-state index in [0.717, 1.165) is 16.5 Å². The minimum Gasteiger partial charge on any atom is -0.481 e. The number of anilines is 1.